The van der Waals surface area contributed by atoms with E-state index in [2.05, 4.69) is 22.1 Å². The highest BCUT2D eigenvalue weighted by molar-refractivity contribution is 7.13. The van der Waals surface area contributed by atoms with Gasteiger partial charge >= 0.3 is 5.97 Å². The molecule has 0 saturated heterocycles. The molecule has 0 fully saturated rings. The van der Waals surface area contributed by atoms with Crippen LogP contribution in [0.2, 0.25) is 0 Å². The number of nitrogens with one attached hydrogen (secondary N) is 1. The van der Waals surface area contributed by atoms with Crippen LogP contribution < -0.4 is 5.32 Å². The fourth-order valence-corrected chi connectivity index (χ4v) is 2.44. The normalized spacial score (nSPS) is 12.5. The minimum absolute atomic E-state index is 0.226. The second-order valence-corrected chi connectivity index (χ2v) is 5.29. The lowest BCUT2D eigenvalue weighted by atomic mass is 10.3. The van der Waals surface area contributed by atoms with Crippen molar-refractivity contribution in [2.45, 2.75) is 26.3 Å². The molecular formula is C12H21N3O2S. The molecule has 0 aliphatic rings. The molecule has 1 rings (SSSR count). The van der Waals surface area contributed by atoms with Crippen LogP contribution in [0.3, 0.4) is 0 Å². The highest BCUT2D eigenvalue weighted by Crippen LogP contribution is 2.17. The smallest absolute Gasteiger partial charge is 0.311 e. The van der Waals surface area contributed by atoms with Gasteiger partial charge in [-0.2, -0.15) is 0 Å². The van der Waals surface area contributed by atoms with Crippen LogP contribution in [0, 0.1) is 0 Å². The summed E-state index contributed by atoms with van der Waals surface area (Å²) >= 11 is 1.52. The summed E-state index contributed by atoms with van der Waals surface area (Å²) in [6.07, 6.45) is 0.244. The van der Waals surface area contributed by atoms with Crippen molar-refractivity contribution < 1.29 is 9.53 Å². The van der Waals surface area contributed by atoms with E-state index in [0.717, 1.165) is 17.4 Å². The Bertz CT molecular complexity index is 379. The summed E-state index contributed by atoms with van der Waals surface area (Å²) in [4.78, 5) is 17.8. The molecule has 0 amide bonds. The van der Waals surface area contributed by atoms with Crippen LogP contribution >= 0.6 is 11.3 Å². The van der Waals surface area contributed by atoms with Gasteiger partial charge in [0.2, 0.25) is 0 Å². The number of thiazole rings is 1. The Labute approximate surface area is 112 Å². The number of esters is 1. The van der Waals surface area contributed by atoms with Gasteiger partial charge in [0.1, 0.15) is 0 Å². The molecule has 1 N–H and O–H groups in total. The van der Waals surface area contributed by atoms with Crippen LogP contribution in [0.25, 0.3) is 0 Å². The van der Waals surface area contributed by atoms with E-state index in [1.807, 2.05) is 19.5 Å². The molecule has 1 atom stereocenters. The van der Waals surface area contributed by atoms with Crippen molar-refractivity contribution in [1.29, 1.82) is 0 Å². The van der Waals surface area contributed by atoms with Gasteiger partial charge in [-0.3, -0.25) is 4.79 Å². The molecule has 1 aromatic heterocycles. The van der Waals surface area contributed by atoms with Gasteiger partial charge in [-0.15, -0.1) is 11.3 Å². The highest BCUT2D eigenvalue weighted by atomic mass is 32.1. The van der Waals surface area contributed by atoms with E-state index >= 15 is 0 Å². The van der Waals surface area contributed by atoms with Gasteiger partial charge in [0.05, 0.1) is 18.7 Å². The van der Waals surface area contributed by atoms with Crippen LogP contribution in [-0.4, -0.2) is 49.1 Å². The number of hydrogen-bond donors (Lipinski definition) is 1. The fraction of sp³-hybridized carbons (Fsp3) is 0.667. The van der Waals surface area contributed by atoms with E-state index in [1.165, 1.54) is 11.3 Å². The van der Waals surface area contributed by atoms with E-state index in [4.69, 9.17) is 4.74 Å². The third-order valence-electron chi connectivity index (χ3n) is 2.19. The number of hydrogen-bond acceptors (Lipinski definition) is 6. The van der Waals surface area contributed by atoms with Gasteiger partial charge in [-0.05, 0) is 27.9 Å². The number of likely N-dealkylation sites (N-methyl/N-ethyl adjacent to an activating group) is 1. The predicted octanol–water partition coefficient (Wildman–Crippen LogP) is 1.61. The lowest BCUT2D eigenvalue weighted by molar-refractivity contribution is -0.142. The maximum Gasteiger partial charge on any atom is 0.311 e. The van der Waals surface area contributed by atoms with Crippen LogP contribution in [0.5, 0.6) is 0 Å². The molecule has 0 aliphatic carbocycles. The summed E-state index contributed by atoms with van der Waals surface area (Å²) < 4.78 is 4.89. The van der Waals surface area contributed by atoms with Crippen molar-refractivity contribution in [1.82, 2.24) is 9.88 Å². The number of ether oxygens (including phenoxy) is 1. The Morgan fingerprint density at radius 3 is 2.94 bits per heavy atom. The molecule has 0 aliphatic heterocycles. The molecular weight excluding hydrogens is 250 g/mol. The Morgan fingerprint density at radius 1 is 1.61 bits per heavy atom. The van der Waals surface area contributed by atoms with Crippen molar-refractivity contribution in [3.8, 4) is 0 Å². The van der Waals surface area contributed by atoms with E-state index in [-0.39, 0.29) is 12.4 Å². The van der Waals surface area contributed by atoms with Gasteiger partial charge in [-0.1, -0.05) is 0 Å². The zero-order chi connectivity index (χ0) is 13.5. The van der Waals surface area contributed by atoms with E-state index < -0.39 is 0 Å². The van der Waals surface area contributed by atoms with Crippen molar-refractivity contribution in [2.75, 3.05) is 32.6 Å². The zero-order valence-corrected chi connectivity index (χ0v) is 12.2. The molecule has 102 valence electrons. The van der Waals surface area contributed by atoms with Crippen molar-refractivity contribution in [3.05, 3.63) is 11.1 Å². The van der Waals surface area contributed by atoms with Crippen LogP contribution in [0.1, 0.15) is 19.5 Å². The molecule has 0 saturated carbocycles. The molecule has 0 aromatic carbocycles. The Morgan fingerprint density at radius 2 is 2.33 bits per heavy atom. The maximum absolute atomic E-state index is 11.3. The van der Waals surface area contributed by atoms with Crippen LogP contribution in [-0.2, 0) is 16.0 Å². The summed E-state index contributed by atoms with van der Waals surface area (Å²) in [6.45, 7) is 5.25. The largest absolute Gasteiger partial charge is 0.466 e. The highest BCUT2D eigenvalue weighted by Gasteiger charge is 2.10. The summed E-state index contributed by atoms with van der Waals surface area (Å²) in [7, 11) is 4.07. The first kappa shape index (κ1) is 14.9. The minimum Gasteiger partial charge on any atom is -0.466 e. The predicted molar refractivity (Wildman–Crippen MR) is 74.1 cm³/mol. The first-order chi connectivity index (χ1) is 8.51. The third-order valence-corrected chi connectivity index (χ3v) is 3.01. The summed E-state index contributed by atoms with van der Waals surface area (Å²) in [5, 5.41) is 6.05. The molecule has 0 spiro atoms. The van der Waals surface area contributed by atoms with Crippen LogP contribution in [0.15, 0.2) is 5.38 Å². The molecule has 1 unspecified atom stereocenters. The van der Waals surface area contributed by atoms with Gasteiger partial charge in [0.25, 0.3) is 0 Å². The van der Waals surface area contributed by atoms with Gasteiger partial charge in [-0.25, -0.2) is 4.98 Å². The average molecular weight is 271 g/mol. The van der Waals surface area contributed by atoms with E-state index in [9.17, 15) is 4.79 Å². The number of nitrogens with zero attached hydrogens (tertiary/aromatic N) is 2. The Kier molecular flexibility index (Phi) is 6.07. The Balaban J connectivity index is 2.45. The second-order valence-electron chi connectivity index (χ2n) is 4.43. The molecule has 0 radical (unpaired) electrons. The lowest BCUT2D eigenvalue weighted by Gasteiger charge is -2.17. The molecule has 1 heterocycles. The summed E-state index contributed by atoms with van der Waals surface area (Å²) in [5.41, 5.74) is 0.762. The first-order valence-electron chi connectivity index (χ1n) is 6.02. The topological polar surface area (TPSA) is 54.5 Å². The maximum atomic E-state index is 11.3. The monoisotopic (exact) mass is 271 g/mol. The number of carbonyl (C=O) groups excluding carboxylic acids is 1. The van der Waals surface area contributed by atoms with Crippen molar-refractivity contribution in [3.63, 3.8) is 0 Å². The lowest BCUT2D eigenvalue weighted by Crippen LogP contribution is -2.29. The number of aromatic nitrogens is 1. The second kappa shape index (κ2) is 7.33. The first-order valence-corrected chi connectivity index (χ1v) is 6.90. The van der Waals surface area contributed by atoms with Gasteiger partial charge in [0.15, 0.2) is 5.13 Å². The average Bonchev–Trinajstić information content (AvgIpc) is 2.64. The molecule has 5 nitrogen and oxygen atoms in total. The summed E-state index contributed by atoms with van der Waals surface area (Å²) in [6, 6.07) is 0.321. The van der Waals surface area contributed by atoms with Crippen LogP contribution in [0.4, 0.5) is 5.13 Å². The van der Waals surface area contributed by atoms with E-state index in [0.29, 0.717) is 12.6 Å². The molecule has 18 heavy (non-hydrogen) atoms. The molecule has 6 heteroatoms. The number of carbonyl (C=O) groups is 1. The zero-order valence-electron chi connectivity index (χ0n) is 11.4. The fourth-order valence-electron chi connectivity index (χ4n) is 1.62. The minimum atomic E-state index is -0.226. The standard InChI is InChI=1S/C12H21N3O2S/c1-5-17-11(16)6-10-8-18-12(14-10)13-9(2)7-15(3)4/h8-9H,5-7H2,1-4H3,(H,13,14). The van der Waals surface area contributed by atoms with Gasteiger partial charge in [0, 0.05) is 18.0 Å². The number of rotatable bonds is 7. The van der Waals surface area contributed by atoms with E-state index in [1.54, 1.807) is 6.92 Å². The SMILES string of the molecule is CCOC(=O)Cc1csc(NC(C)CN(C)C)n1. The molecule has 0 bridgehead atoms. The van der Waals surface area contributed by atoms with Crippen molar-refractivity contribution in [2.24, 2.45) is 0 Å². The number of anilines is 1. The summed E-state index contributed by atoms with van der Waals surface area (Å²) in [5.74, 6) is -0.226. The van der Waals surface area contributed by atoms with Gasteiger partial charge < -0.3 is 15.0 Å². The van der Waals surface area contributed by atoms with Crippen molar-refractivity contribution >= 4 is 22.4 Å². The molecule has 1 aromatic rings. The Hall–Kier alpha value is -1.14. The third kappa shape index (κ3) is 5.46. The quantitative estimate of drug-likeness (QED) is 0.764.